The standard InChI is InChI=1S/C25H24N2O4/c1-3-18-9-11-20(12-10-18)31-16-22(28)23-17(2)21(15-26)24(29)27(25(23)30)14-13-19-7-5-4-6-8-19/h4-12,30H,3,13-14,16H2,1-2H3. The molecule has 0 saturated heterocycles. The van der Waals surface area contributed by atoms with Crippen LogP contribution in [0.2, 0.25) is 0 Å². The van der Waals surface area contributed by atoms with Crippen LogP contribution in [-0.2, 0) is 19.4 Å². The summed E-state index contributed by atoms with van der Waals surface area (Å²) in [6.45, 7) is 3.36. The number of nitrogens with zero attached hydrogens (tertiary/aromatic N) is 2. The van der Waals surface area contributed by atoms with Gasteiger partial charge in [0, 0.05) is 6.54 Å². The normalized spacial score (nSPS) is 10.5. The van der Waals surface area contributed by atoms with Gasteiger partial charge in [0.05, 0.1) is 5.56 Å². The molecule has 6 heteroatoms. The van der Waals surface area contributed by atoms with Crippen molar-refractivity contribution in [2.75, 3.05) is 6.61 Å². The molecule has 1 aromatic heterocycles. The zero-order chi connectivity index (χ0) is 22.4. The van der Waals surface area contributed by atoms with E-state index >= 15 is 0 Å². The third-order valence-corrected chi connectivity index (χ3v) is 5.25. The Kier molecular flexibility index (Phi) is 6.88. The molecule has 3 aromatic rings. The molecule has 3 rings (SSSR count). The predicted molar refractivity (Wildman–Crippen MR) is 118 cm³/mol. The molecule has 2 aromatic carbocycles. The number of rotatable bonds is 8. The average Bonchev–Trinajstić information content (AvgIpc) is 2.79. The Morgan fingerprint density at radius 1 is 1.10 bits per heavy atom. The first-order valence-corrected chi connectivity index (χ1v) is 10.1. The van der Waals surface area contributed by atoms with E-state index in [-0.39, 0.29) is 29.8 Å². The van der Waals surface area contributed by atoms with Crippen LogP contribution in [0.25, 0.3) is 0 Å². The maximum atomic E-state index is 12.9. The van der Waals surface area contributed by atoms with Crippen molar-refractivity contribution >= 4 is 5.78 Å². The number of nitriles is 1. The SMILES string of the molecule is CCc1ccc(OCC(=O)c2c(C)c(C#N)c(=O)n(CCc3ccccc3)c2O)cc1. The molecule has 158 valence electrons. The van der Waals surface area contributed by atoms with Crippen molar-refractivity contribution in [2.24, 2.45) is 0 Å². The Labute approximate surface area is 181 Å². The molecule has 0 amide bonds. The van der Waals surface area contributed by atoms with E-state index in [1.165, 1.54) is 6.92 Å². The molecule has 0 unspecified atom stereocenters. The van der Waals surface area contributed by atoms with Crippen LogP contribution in [-0.4, -0.2) is 22.1 Å². The molecule has 0 aliphatic carbocycles. The fourth-order valence-corrected chi connectivity index (χ4v) is 3.42. The van der Waals surface area contributed by atoms with Crippen LogP contribution in [0.15, 0.2) is 59.4 Å². The number of aromatic hydroxyl groups is 1. The second-order valence-electron chi connectivity index (χ2n) is 7.21. The first-order chi connectivity index (χ1) is 15.0. The molecule has 0 spiro atoms. The van der Waals surface area contributed by atoms with Crippen LogP contribution in [0.1, 0.15) is 39.5 Å². The van der Waals surface area contributed by atoms with E-state index in [1.54, 1.807) is 12.1 Å². The summed E-state index contributed by atoms with van der Waals surface area (Å²) in [7, 11) is 0. The van der Waals surface area contributed by atoms with E-state index in [2.05, 4.69) is 0 Å². The summed E-state index contributed by atoms with van der Waals surface area (Å²) in [5.74, 6) is -0.410. The van der Waals surface area contributed by atoms with Gasteiger partial charge in [-0.1, -0.05) is 49.4 Å². The lowest BCUT2D eigenvalue weighted by molar-refractivity contribution is 0.0916. The zero-order valence-electron chi connectivity index (χ0n) is 17.6. The number of Topliss-reactive ketones (excluding diaryl/α,β-unsaturated/α-hetero) is 1. The summed E-state index contributed by atoms with van der Waals surface area (Å²) >= 11 is 0. The van der Waals surface area contributed by atoms with E-state index in [0.717, 1.165) is 22.1 Å². The van der Waals surface area contributed by atoms with Gasteiger partial charge in [-0.25, -0.2) is 0 Å². The number of aryl methyl sites for hydroxylation is 2. The Hall–Kier alpha value is -3.85. The fraction of sp³-hybridized carbons (Fsp3) is 0.240. The lowest BCUT2D eigenvalue weighted by Crippen LogP contribution is -2.28. The summed E-state index contributed by atoms with van der Waals surface area (Å²) < 4.78 is 6.66. The quantitative estimate of drug-likeness (QED) is 0.564. The number of aromatic nitrogens is 1. The number of hydrogen-bond acceptors (Lipinski definition) is 5. The lowest BCUT2D eigenvalue weighted by Gasteiger charge is -2.16. The average molecular weight is 416 g/mol. The van der Waals surface area contributed by atoms with E-state index in [1.807, 2.05) is 55.5 Å². The number of ketones is 1. The lowest BCUT2D eigenvalue weighted by atomic mass is 10.0. The van der Waals surface area contributed by atoms with Crippen molar-refractivity contribution in [3.63, 3.8) is 0 Å². The maximum Gasteiger partial charge on any atom is 0.271 e. The van der Waals surface area contributed by atoms with Gasteiger partial charge >= 0.3 is 0 Å². The molecule has 0 bridgehead atoms. The van der Waals surface area contributed by atoms with Crippen molar-refractivity contribution in [2.45, 2.75) is 33.2 Å². The molecule has 0 saturated carbocycles. The minimum absolute atomic E-state index is 0.0607. The van der Waals surface area contributed by atoms with Gasteiger partial charge in [0.15, 0.2) is 6.61 Å². The highest BCUT2D eigenvalue weighted by atomic mass is 16.5. The van der Waals surface area contributed by atoms with E-state index in [4.69, 9.17) is 4.74 Å². The number of hydrogen-bond donors (Lipinski definition) is 1. The van der Waals surface area contributed by atoms with Gasteiger partial charge in [0.25, 0.3) is 5.56 Å². The van der Waals surface area contributed by atoms with Gasteiger partial charge in [-0.15, -0.1) is 0 Å². The summed E-state index contributed by atoms with van der Waals surface area (Å²) in [6, 6.07) is 18.7. The highest BCUT2D eigenvalue weighted by Crippen LogP contribution is 2.23. The maximum absolute atomic E-state index is 12.9. The van der Waals surface area contributed by atoms with Crippen LogP contribution in [0.5, 0.6) is 11.6 Å². The molecule has 1 heterocycles. The van der Waals surface area contributed by atoms with Gasteiger partial charge in [0.1, 0.15) is 17.4 Å². The van der Waals surface area contributed by atoms with Crippen LogP contribution in [0.3, 0.4) is 0 Å². The zero-order valence-corrected chi connectivity index (χ0v) is 17.6. The summed E-state index contributed by atoms with van der Waals surface area (Å²) in [6.07, 6.45) is 1.36. The van der Waals surface area contributed by atoms with Crippen LogP contribution < -0.4 is 10.3 Å². The molecule has 0 radical (unpaired) electrons. The molecule has 0 atom stereocenters. The monoisotopic (exact) mass is 416 g/mol. The second kappa shape index (κ2) is 9.77. The van der Waals surface area contributed by atoms with Gasteiger partial charge in [0.2, 0.25) is 11.7 Å². The molecule has 0 aliphatic rings. The van der Waals surface area contributed by atoms with Crippen molar-refractivity contribution in [3.8, 4) is 17.7 Å². The second-order valence-corrected chi connectivity index (χ2v) is 7.21. The molecule has 6 nitrogen and oxygen atoms in total. The van der Waals surface area contributed by atoms with Crippen LogP contribution in [0, 0.1) is 18.3 Å². The molecule has 0 fully saturated rings. The van der Waals surface area contributed by atoms with Crippen LogP contribution >= 0.6 is 0 Å². The number of pyridine rings is 1. The van der Waals surface area contributed by atoms with Gasteiger partial charge < -0.3 is 9.84 Å². The predicted octanol–water partition coefficient (Wildman–Crippen LogP) is 3.80. The molecular formula is C25H24N2O4. The van der Waals surface area contributed by atoms with E-state index in [9.17, 15) is 20.0 Å². The summed E-state index contributed by atoms with van der Waals surface area (Å²) in [4.78, 5) is 25.6. The third kappa shape index (κ3) is 4.84. The van der Waals surface area contributed by atoms with Crippen molar-refractivity contribution in [1.29, 1.82) is 5.26 Å². The van der Waals surface area contributed by atoms with Gasteiger partial charge in [-0.2, -0.15) is 5.26 Å². The summed E-state index contributed by atoms with van der Waals surface area (Å²) in [5.41, 5.74) is 1.46. The Balaban J connectivity index is 1.88. The van der Waals surface area contributed by atoms with Gasteiger partial charge in [-0.3, -0.25) is 14.2 Å². The number of benzene rings is 2. The first-order valence-electron chi connectivity index (χ1n) is 10.1. The molecular weight excluding hydrogens is 392 g/mol. The third-order valence-electron chi connectivity index (χ3n) is 5.25. The van der Waals surface area contributed by atoms with Crippen molar-refractivity contribution < 1.29 is 14.6 Å². The number of carbonyl (C=O) groups is 1. The van der Waals surface area contributed by atoms with E-state index in [0.29, 0.717) is 12.2 Å². The van der Waals surface area contributed by atoms with Crippen molar-refractivity contribution in [1.82, 2.24) is 4.57 Å². The highest BCUT2D eigenvalue weighted by Gasteiger charge is 2.24. The molecule has 0 aliphatic heterocycles. The number of carbonyl (C=O) groups excluding carboxylic acids is 1. The van der Waals surface area contributed by atoms with Gasteiger partial charge in [-0.05, 0) is 48.6 Å². The summed E-state index contributed by atoms with van der Waals surface area (Å²) in [5, 5.41) is 20.2. The Morgan fingerprint density at radius 2 is 1.77 bits per heavy atom. The highest BCUT2D eigenvalue weighted by molar-refractivity contribution is 6.01. The minimum Gasteiger partial charge on any atom is -0.494 e. The fourth-order valence-electron chi connectivity index (χ4n) is 3.42. The first kappa shape index (κ1) is 21.8. The number of ether oxygens (including phenoxy) is 1. The molecule has 31 heavy (non-hydrogen) atoms. The Bertz CT molecular complexity index is 1170. The minimum atomic E-state index is -0.610. The van der Waals surface area contributed by atoms with E-state index < -0.39 is 17.2 Å². The van der Waals surface area contributed by atoms with Crippen molar-refractivity contribution in [3.05, 3.63) is 92.8 Å². The Morgan fingerprint density at radius 3 is 2.39 bits per heavy atom. The smallest absolute Gasteiger partial charge is 0.271 e. The topological polar surface area (TPSA) is 92.3 Å². The van der Waals surface area contributed by atoms with Crippen LogP contribution in [0.4, 0.5) is 0 Å². The largest absolute Gasteiger partial charge is 0.494 e. The molecule has 1 N–H and O–H groups in total.